The average Bonchev–Trinajstić information content (AvgIpc) is 2.50. The number of alkyl halides is 1. The highest BCUT2D eigenvalue weighted by molar-refractivity contribution is 9.09. The smallest absolute Gasteiger partial charge is 0.372 e. The predicted octanol–water partition coefficient (Wildman–Crippen LogP) is 0.408. The highest BCUT2D eigenvalue weighted by atomic mass is 79.9. The van der Waals surface area contributed by atoms with E-state index in [1.54, 1.807) is 0 Å². The van der Waals surface area contributed by atoms with Crippen LogP contribution < -0.4 is 0 Å². The quantitative estimate of drug-likeness (QED) is 0.187. The first kappa shape index (κ1) is 21.0. The van der Waals surface area contributed by atoms with E-state index in [1.807, 2.05) is 0 Å². The van der Waals surface area contributed by atoms with E-state index in [1.165, 1.54) is 0 Å². The first-order valence-corrected chi connectivity index (χ1v) is 7.91. The molecule has 0 radical (unpaired) electrons. The zero-order chi connectivity index (χ0) is 16.6. The Labute approximate surface area is 137 Å². The van der Waals surface area contributed by atoms with E-state index in [-0.39, 0.29) is 26.1 Å². The molecule has 128 valence electrons. The van der Waals surface area contributed by atoms with Gasteiger partial charge in [-0.1, -0.05) is 15.9 Å². The zero-order valence-electron chi connectivity index (χ0n) is 12.3. The predicted molar refractivity (Wildman–Crippen MR) is 79.1 cm³/mol. The summed E-state index contributed by atoms with van der Waals surface area (Å²) in [6.07, 6.45) is -0.608. The molecule has 9 heteroatoms. The van der Waals surface area contributed by atoms with Crippen LogP contribution >= 0.6 is 15.9 Å². The van der Waals surface area contributed by atoms with E-state index in [2.05, 4.69) is 15.9 Å². The van der Waals surface area contributed by atoms with E-state index >= 15 is 0 Å². The van der Waals surface area contributed by atoms with Crippen molar-refractivity contribution in [2.45, 2.75) is 12.8 Å². The van der Waals surface area contributed by atoms with Gasteiger partial charge < -0.3 is 24.1 Å². The number of aliphatic carboxylic acids is 1. The lowest BCUT2D eigenvalue weighted by atomic mass is 10.2. The van der Waals surface area contributed by atoms with Gasteiger partial charge >= 0.3 is 11.9 Å². The van der Waals surface area contributed by atoms with Crippen LogP contribution in [0.2, 0.25) is 0 Å². The number of Topliss-reactive ketones (excluding diaryl/α,β-unsaturated/α-hetero) is 1. The summed E-state index contributed by atoms with van der Waals surface area (Å²) in [5.74, 6) is -3.18. The third-order valence-electron chi connectivity index (χ3n) is 2.25. The summed E-state index contributed by atoms with van der Waals surface area (Å²) in [4.78, 5) is 32.1. The molecule has 0 saturated heterocycles. The van der Waals surface area contributed by atoms with Crippen LogP contribution in [0, 0.1) is 0 Å². The second-order valence-electron chi connectivity index (χ2n) is 3.97. The minimum absolute atomic E-state index is 0.0501. The van der Waals surface area contributed by atoms with Crippen molar-refractivity contribution in [2.75, 3.05) is 51.6 Å². The molecule has 0 atom stereocenters. The lowest BCUT2D eigenvalue weighted by Crippen LogP contribution is -2.17. The second kappa shape index (κ2) is 14.9. The fraction of sp³-hybridized carbons (Fsp3) is 0.769. The number of hydrogen-bond donors (Lipinski definition) is 1. The molecule has 22 heavy (non-hydrogen) atoms. The summed E-state index contributed by atoms with van der Waals surface area (Å²) in [5, 5.41) is 9.12. The van der Waals surface area contributed by atoms with Gasteiger partial charge in [0.15, 0.2) is 0 Å². The van der Waals surface area contributed by atoms with E-state index in [9.17, 15) is 14.4 Å². The molecule has 0 unspecified atom stereocenters. The molecule has 0 aromatic carbocycles. The molecule has 0 aromatic heterocycles. The molecule has 0 bridgehead atoms. The maximum absolute atomic E-state index is 11.2. The number of hydrogen-bond acceptors (Lipinski definition) is 7. The summed E-state index contributed by atoms with van der Waals surface area (Å²) < 4.78 is 20.3. The van der Waals surface area contributed by atoms with Gasteiger partial charge in [-0.3, -0.25) is 9.59 Å². The standard InChI is InChI=1S/C13H21BrO8/c14-3-4-19-5-6-20-7-8-21-9-10-22-12(16)2-1-11(15)13(17)18/h1-10H2,(H,17,18). The topological polar surface area (TPSA) is 108 Å². The first-order chi connectivity index (χ1) is 10.6. The number of ether oxygens (including phenoxy) is 4. The summed E-state index contributed by atoms with van der Waals surface area (Å²) in [6.45, 7) is 2.70. The van der Waals surface area contributed by atoms with Gasteiger partial charge in [-0.25, -0.2) is 4.79 Å². The van der Waals surface area contributed by atoms with Crippen LogP contribution in [0.1, 0.15) is 12.8 Å². The third-order valence-corrected chi connectivity index (χ3v) is 2.57. The molecule has 0 amide bonds. The molecule has 0 heterocycles. The summed E-state index contributed by atoms with van der Waals surface area (Å²) in [6, 6.07) is 0. The van der Waals surface area contributed by atoms with Gasteiger partial charge in [0.1, 0.15) is 6.61 Å². The van der Waals surface area contributed by atoms with Crippen LogP contribution in [0.3, 0.4) is 0 Å². The third kappa shape index (κ3) is 13.9. The molecule has 0 aliphatic heterocycles. The van der Waals surface area contributed by atoms with Crippen LogP contribution in [0.25, 0.3) is 0 Å². The monoisotopic (exact) mass is 384 g/mol. The first-order valence-electron chi connectivity index (χ1n) is 6.79. The van der Waals surface area contributed by atoms with Crippen molar-refractivity contribution in [1.82, 2.24) is 0 Å². The molecule has 0 rings (SSSR count). The number of ketones is 1. The van der Waals surface area contributed by atoms with E-state index in [4.69, 9.17) is 24.1 Å². The Morgan fingerprint density at radius 1 is 0.773 bits per heavy atom. The molecule has 1 N–H and O–H groups in total. The van der Waals surface area contributed by atoms with Gasteiger partial charge in [0.05, 0.1) is 46.1 Å². The van der Waals surface area contributed by atoms with Crippen LogP contribution in [0.4, 0.5) is 0 Å². The summed E-state index contributed by atoms with van der Waals surface area (Å²) in [7, 11) is 0. The molecule has 0 saturated carbocycles. The Morgan fingerprint density at radius 2 is 1.27 bits per heavy atom. The minimum Gasteiger partial charge on any atom is -0.476 e. The lowest BCUT2D eigenvalue weighted by Gasteiger charge is -2.07. The number of esters is 1. The van der Waals surface area contributed by atoms with Gasteiger partial charge in [0, 0.05) is 11.8 Å². The van der Waals surface area contributed by atoms with Crippen molar-refractivity contribution in [2.24, 2.45) is 0 Å². The van der Waals surface area contributed by atoms with Gasteiger partial charge in [0.25, 0.3) is 0 Å². The number of rotatable bonds is 15. The van der Waals surface area contributed by atoms with Gasteiger partial charge in [-0.2, -0.15) is 0 Å². The highest BCUT2D eigenvalue weighted by Gasteiger charge is 2.13. The fourth-order valence-electron chi connectivity index (χ4n) is 1.21. The Balaban J connectivity index is 3.27. The summed E-state index contributed by atoms with van der Waals surface area (Å²) >= 11 is 3.24. The van der Waals surface area contributed by atoms with Crippen molar-refractivity contribution >= 4 is 33.7 Å². The Kier molecular flexibility index (Phi) is 14.2. The molecule has 0 spiro atoms. The van der Waals surface area contributed by atoms with Gasteiger partial charge in [-0.05, 0) is 0 Å². The van der Waals surface area contributed by atoms with Crippen molar-refractivity contribution in [3.63, 3.8) is 0 Å². The molecular weight excluding hydrogens is 364 g/mol. The maximum atomic E-state index is 11.2. The SMILES string of the molecule is O=C(CCC(=O)C(=O)O)OCCOCCOCCOCCBr. The molecule has 8 nitrogen and oxygen atoms in total. The van der Waals surface area contributed by atoms with Gasteiger partial charge in [0.2, 0.25) is 5.78 Å². The molecule has 0 aliphatic rings. The maximum Gasteiger partial charge on any atom is 0.372 e. The Morgan fingerprint density at radius 3 is 1.77 bits per heavy atom. The molecule has 0 aliphatic carbocycles. The fourth-order valence-corrected chi connectivity index (χ4v) is 1.43. The Bertz CT molecular complexity index is 334. The normalized spacial score (nSPS) is 10.4. The molecule has 0 fully saturated rings. The van der Waals surface area contributed by atoms with E-state index < -0.39 is 17.7 Å². The number of carboxylic acid groups (broad SMARTS) is 1. The van der Waals surface area contributed by atoms with E-state index in [0.717, 1.165) is 5.33 Å². The van der Waals surface area contributed by atoms with E-state index in [0.29, 0.717) is 33.0 Å². The van der Waals surface area contributed by atoms with Crippen molar-refractivity contribution in [1.29, 1.82) is 0 Å². The second-order valence-corrected chi connectivity index (χ2v) is 4.77. The zero-order valence-corrected chi connectivity index (χ0v) is 13.8. The van der Waals surface area contributed by atoms with Crippen LogP contribution in [0.15, 0.2) is 0 Å². The van der Waals surface area contributed by atoms with Crippen molar-refractivity contribution in [3.05, 3.63) is 0 Å². The molecule has 0 aromatic rings. The number of halogens is 1. The largest absolute Gasteiger partial charge is 0.476 e. The number of carbonyl (C=O) groups is 3. The van der Waals surface area contributed by atoms with Crippen LogP contribution in [-0.2, 0) is 33.3 Å². The Hall–Kier alpha value is -1.03. The average molecular weight is 385 g/mol. The molecular formula is C13H21BrO8. The number of carbonyl (C=O) groups excluding carboxylic acids is 2. The lowest BCUT2D eigenvalue weighted by molar-refractivity contribution is -0.151. The van der Waals surface area contributed by atoms with Gasteiger partial charge in [-0.15, -0.1) is 0 Å². The van der Waals surface area contributed by atoms with Crippen LogP contribution in [-0.4, -0.2) is 74.4 Å². The summed E-state index contributed by atoms with van der Waals surface area (Å²) in [5.41, 5.74) is 0. The number of carboxylic acids is 1. The van der Waals surface area contributed by atoms with Crippen LogP contribution in [0.5, 0.6) is 0 Å². The highest BCUT2D eigenvalue weighted by Crippen LogP contribution is 1.95. The minimum atomic E-state index is -1.55. The van der Waals surface area contributed by atoms with Crippen molar-refractivity contribution < 1.29 is 38.4 Å². The van der Waals surface area contributed by atoms with Crippen molar-refractivity contribution in [3.8, 4) is 0 Å².